The second-order valence-corrected chi connectivity index (χ2v) is 5.02. The molecule has 1 N–H and O–H groups in total. The molecule has 0 aromatic heterocycles. The summed E-state index contributed by atoms with van der Waals surface area (Å²) in [7, 11) is 0. The Kier molecular flexibility index (Phi) is 4.63. The number of nitrogens with zero attached hydrogens (tertiary/aromatic N) is 2. The molecule has 0 fully saturated rings. The molecule has 0 aliphatic carbocycles. The predicted molar refractivity (Wildman–Crippen MR) is 81.6 cm³/mol. The Morgan fingerprint density at radius 1 is 1.19 bits per heavy atom. The lowest BCUT2D eigenvalue weighted by atomic mass is 10.1. The molecule has 0 atom stereocenters. The molecule has 2 aromatic carbocycles. The van der Waals surface area contributed by atoms with Gasteiger partial charge in [-0.3, -0.25) is 10.1 Å². The molecule has 0 unspecified atom stereocenters. The summed E-state index contributed by atoms with van der Waals surface area (Å²) in [6.07, 6.45) is 0. The second kappa shape index (κ2) is 6.44. The predicted octanol–water partition coefficient (Wildman–Crippen LogP) is 4.39. The van der Waals surface area contributed by atoms with Gasteiger partial charge in [-0.15, -0.1) is 0 Å². The lowest BCUT2D eigenvalue weighted by molar-refractivity contribution is -0.384. The van der Waals surface area contributed by atoms with Crippen LogP contribution in [0.5, 0.6) is 0 Å². The Morgan fingerprint density at radius 2 is 1.95 bits per heavy atom. The van der Waals surface area contributed by atoms with E-state index in [4.69, 9.17) is 28.5 Å². The molecule has 0 saturated heterocycles. The van der Waals surface area contributed by atoms with Crippen molar-refractivity contribution in [1.29, 1.82) is 5.26 Å². The van der Waals surface area contributed by atoms with Crippen LogP contribution in [0.3, 0.4) is 0 Å². The molecule has 0 aliphatic rings. The lowest BCUT2D eigenvalue weighted by Gasteiger charge is -2.08. The molecule has 0 aliphatic heterocycles. The van der Waals surface area contributed by atoms with E-state index in [0.29, 0.717) is 22.3 Å². The van der Waals surface area contributed by atoms with Gasteiger partial charge in [-0.2, -0.15) is 5.26 Å². The summed E-state index contributed by atoms with van der Waals surface area (Å²) in [5, 5.41) is 23.6. The summed E-state index contributed by atoms with van der Waals surface area (Å²) in [5.74, 6) is 0. The van der Waals surface area contributed by atoms with Crippen LogP contribution in [0.15, 0.2) is 36.4 Å². The largest absolute Gasteiger partial charge is 0.375 e. The Bertz CT molecular complexity index is 741. The number of nitrogens with one attached hydrogen (secondary N) is 1. The number of anilines is 1. The molecule has 0 saturated carbocycles. The van der Waals surface area contributed by atoms with E-state index in [9.17, 15) is 10.1 Å². The van der Waals surface area contributed by atoms with Crippen LogP contribution in [0.25, 0.3) is 0 Å². The maximum atomic E-state index is 11.0. The molecule has 7 heteroatoms. The highest BCUT2D eigenvalue weighted by Gasteiger charge is 2.14. The zero-order valence-electron chi connectivity index (χ0n) is 10.6. The van der Waals surface area contributed by atoms with E-state index in [1.165, 1.54) is 18.2 Å². The molecule has 5 nitrogen and oxygen atoms in total. The fourth-order valence-corrected chi connectivity index (χ4v) is 2.07. The van der Waals surface area contributed by atoms with Gasteiger partial charge in [-0.25, -0.2) is 0 Å². The van der Waals surface area contributed by atoms with Crippen molar-refractivity contribution in [2.75, 3.05) is 5.32 Å². The summed E-state index contributed by atoms with van der Waals surface area (Å²) in [6, 6.07) is 11.3. The summed E-state index contributed by atoms with van der Waals surface area (Å²) < 4.78 is 0. The van der Waals surface area contributed by atoms with E-state index in [2.05, 4.69) is 5.32 Å². The Hall–Kier alpha value is -2.29. The standard InChI is InChI=1S/C14H9Cl2N3O2/c15-11-3-1-10(5-12(11)16)8-18-13-4-2-9(7-17)6-14(13)19(20)21/h1-6,18H,8H2. The molecule has 0 amide bonds. The van der Waals surface area contributed by atoms with Crippen LogP contribution in [0.1, 0.15) is 11.1 Å². The average Bonchev–Trinajstić information content (AvgIpc) is 2.48. The Labute approximate surface area is 130 Å². The van der Waals surface area contributed by atoms with Gasteiger partial charge in [-0.1, -0.05) is 29.3 Å². The number of hydrogen-bond donors (Lipinski definition) is 1. The topological polar surface area (TPSA) is 79.0 Å². The minimum atomic E-state index is -0.530. The first kappa shape index (κ1) is 15.1. The third kappa shape index (κ3) is 3.63. The van der Waals surface area contributed by atoms with Crippen LogP contribution >= 0.6 is 23.2 Å². The van der Waals surface area contributed by atoms with Crippen molar-refractivity contribution in [3.05, 3.63) is 67.7 Å². The molecule has 0 spiro atoms. The third-order valence-corrected chi connectivity index (χ3v) is 3.53. The highest BCUT2D eigenvalue weighted by molar-refractivity contribution is 6.42. The maximum Gasteiger partial charge on any atom is 0.293 e. The monoisotopic (exact) mass is 321 g/mol. The van der Waals surface area contributed by atoms with E-state index >= 15 is 0 Å². The van der Waals surface area contributed by atoms with Gasteiger partial charge in [0.05, 0.1) is 26.6 Å². The fraction of sp³-hybridized carbons (Fsp3) is 0.0714. The van der Waals surface area contributed by atoms with Crippen molar-refractivity contribution in [1.82, 2.24) is 0 Å². The number of rotatable bonds is 4. The van der Waals surface area contributed by atoms with Crippen LogP contribution in [-0.4, -0.2) is 4.92 Å². The number of nitro groups is 1. The van der Waals surface area contributed by atoms with E-state index in [1.54, 1.807) is 18.2 Å². The lowest BCUT2D eigenvalue weighted by Crippen LogP contribution is -2.03. The zero-order valence-corrected chi connectivity index (χ0v) is 12.1. The summed E-state index contributed by atoms with van der Waals surface area (Å²) in [6.45, 7) is 0.351. The summed E-state index contributed by atoms with van der Waals surface area (Å²) in [5.41, 5.74) is 1.27. The molecule has 21 heavy (non-hydrogen) atoms. The number of halogens is 2. The van der Waals surface area contributed by atoms with Crippen LogP contribution in [0.4, 0.5) is 11.4 Å². The smallest absolute Gasteiger partial charge is 0.293 e. The van der Waals surface area contributed by atoms with Crippen molar-refractivity contribution in [3.63, 3.8) is 0 Å². The molecular formula is C14H9Cl2N3O2. The third-order valence-electron chi connectivity index (χ3n) is 2.79. The van der Waals surface area contributed by atoms with Crippen molar-refractivity contribution < 1.29 is 4.92 Å². The molecule has 106 valence electrons. The SMILES string of the molecule is N#Cc1ccc(NCc2ccc(Cl)c(Cl)c2)c([N+](=O)[O-])c1. The second-order valence-electron chi connectivity index (χ2n) is 4.20. The van der Waals surface area contributed by atoms with Gasteiger partial charge >= 0.3 is 0 Å². The summed E-state index contributed by atoms with van der Waals surface area (Å²) in [4.78, 5) is 10.5. The number of nitriles is 1. The molecule has 0 heterocycles. The number of benzene rings is 2. The van der Waals surface area contributed by atoms with E-state index in [0.717, 1.165) is 5.56 Å². The van der Waals surface area contributed by atoms with Crippen molar-refractivity contribution in [2.24, 2.45) is 0 Å². The van der Waals surface area contributed by atoms with Crippen molar-refractivity contribution >= 4 is 34.6 Å². The van der Waals surface area contributed by atoms with Crippen LogP contribution in [0, 0.1) is 21.4 Å². The zero-order chi connectivity index (χ0) is 15.4. The van der Waals surface area contributed by atoms with E-state index in [1.807, 2.05) is 6.07 Å². The quantitative estimate of drug-likeness (QED) is 0.669. The van der Waals surface area contributed by atoms with Gasteiger partial charge in [0.15, 0.2) is 0 Å². The average molecular weight is 322 g/mol. The Morgan fingerprint density at radius 3 is 2.57 bits per heavy atom. The van der Waals surface area contributed by atoms with Gasteiger partial charge in [0.25, 0.3) is 5.69 Å². The van der Waals surface area contributed by atoms with Crippen molar-refractivity contribution in [2.45, 2.75) is 6.54 Å². The van der Waals surface area contributed by atoms with Gasteiger partial charge in [0.2, 0.25) is 0 Å². The first-order chi connectivity index (χ1) is 10.0. The normalized spacial score (nSPS) is 9.95. The minimum Gasteiger partial charge on any atom is -0.375 e. The van der Waals surface area contributed by atoms with Gasteiger partial charge < -0.3 is 5.32 Å². The first-order valence-electron chi connectivity index (χ1n) is 5.87. The van der Waals surface area contributed by atoms with Gasteiger partial charge in [-0.05, 0) is 29.8 Å². The fourth-order valence-electron chi connectivity index (χ4n) is 1.75. The van der Waals surface area contributed by atoms with E-state index in [-0.39, 0.29) is 11.3 Å². The highest BCUT2D eigenvalue weighted by Crippen LogP contribution is 2.27. The van der Waals surface area contributed by atoms with E-state index < -0.39 is 4.92 Å². The molecule has 0 bridgehead atoms. The Balaban J connectivity index is 2.21. The highest BCUT2D eigenvalue weighted by atomic mass is 35.5. The van der Waals surface area contributed by atoms with Crippen molar-refractivity contribution in [3.8, 4) is 6.07 Å². The number of hydrogen-bond acceptors (Lipinski definition) is 4. The van der Waals surface area contributed by atoms with Gasteiger partial charge in [0, 0.05) is 12.6 Å². The molecule has 2 rings (SSSR count). The molecule has 0 radical (unpaired) electrons. The van der Waals surface area contributed by atoms with Crippen LogP contribution in [0.2, 0.25) is 10.0 Å². The molecule has 2 aromatic rings. The van der Waals surface area contributed by atoms with Crippen LogP contribution in [-0.2, 0) is 6.54 Å². The minimum absolute atomic E-state index is 0.144. The molecular weight excluding hydrogens is 313 g/mol. The number of nitro benzene ring substituents is 1. The van der Waals surface area contributed by atoms with Crippen LogP contribution < -0.4 is 5.32 Å². The van der Waals surface area contributed by atoms with Gasteiger partial charge in [0.1, 0.15) is 5.69 Å². The summed E-state index contributed by atoms with van der Waals surface area (Å²) >= 11 is 11.7. The first-order valence-corrected chi connectivity index (χ1v) is 6.63. The maximum absolute atomic E-state index is 11.0.